The average molecular weight is 239 g/mol. The minimum Gasteiger partial charge on any atom is -0.318 e. The third-order valence-electron chi connectivity index (χ3n) is 4.52. The summed E-state index contributed by atoms with van der Waals surface area (Å²) in [4.78, 5) is 5.45. The predicted molar refractivity (Wildman–Crippen MR) is 73.3 cm³/mol. The summed E-state index contributed by atoms with van der Waals surface area (Å²) >= 11 is 0. The molecule has 0 aromatic rings. The molecule has 2 aliphatic rings. The van der Waals surface area contributed by atoms with Gasteiger partial charge in [0.05, 0.1) is 0 Å². The lowest BCUT2D eigenvalue weighted by molar-refractivity contribution is 0.0169. The van der Waals surface area contributed by atoms with Crippen LogP contribution >= 0.6 is 0 Å². The van der Waals surface area contributed by atoms with Crippen molar-refractivity contribution in [2.45, 2.75) is 45.2 Å². The molecule has 2 aliphatic heterocycles. The Hall–Kier alpha value is -0.120. The molecule has 3 nitrogen and oxygen atoms in total. The molecule has 0 radical (unpaired) electrons. The van der Waals surface area contributed by atoms with Gasteiger partial charge >= 0.3 is 0 Å². The molecule has 100 valence electrons. The van der Waals surface area contributed by atoms with E-state index in [1.807, 2.05) is 0 Å². The van der Waals surface area contributed by atoms with Gasteiger partial charge in [0.2, 0.25) is 0 Å². The number of hydrogen-bond acceptors (Lipinski definition) is 3. The van der Waals surface area contributed by atoms with Gasteiger partial charge in [-0.1, -0.05) is 20.3 Å². The lowest BCUT2D eigenvalue weighted by Crippen LogP contribution is -2.59. The van der Waals surface area contributed by atoms with E-state index in [1.54, 1.807) is 0 Å². The van der Waals surface area contributed by atoms with E-state index in [9.17, 15) is 0 Å². The minimum atomic E-state index is 0.712. The number of likely N-dealkylation sites (N-methyl/N-ethyl adjacent to an activating group) is 1. The molecule has 0 saturated carbocycles. The number of hydrogen-bond donors (Lipinski definition) is 1. The van der Waals surface area contributed by atoms with Crippen LogP contribution in [-0.2, 0) is 0 Å². The van der Waals surface area contributed by atoms with Crippen LogP contribution in [0.1, 0.15) is 33.1 Å². The fourth-order valence-corrected chi connectivity index (χ4v) is 3.48. The van der Waals surface area contributed by atoms with Gasteiger partial charge in [-0.3, -0.25) is 9.80 Å². The molecular weight excluding hydrogens is 210 g/mol. The number of rotatable bonds is 4. The van der Waals surface area contributed by atoms with Crippen molar-refractivity contribution in [3.05, 3.63) is 0 Å². The van der Waals surface area contributed by atoms with Crippen LogP contribution in [-0.4, -0.2) is 61.7 Å². The highest BCUT2D eigenvalue weighted by Crippen LogP contribution is 2.23. The first-order chi connectivity index (χ1) is 8.22. The number of fused-ring (bicyclic) bond motifs is 1. The van der Waals surface area contributed by atoms with Crippen LogP contribution < -0.4 is 5.32 Å². The zero-order valence-corrected chi connectivity index (χ0v) is 11.8. The van der Waals surface area contributed by atoms with Crippen molar-refractivity contribution in [2.24, 2.45) is 5.92 Å². The summed E-state index contributed by atoms with van der Waals surface area (Å²) in [5.74, 6) is 0.748. The fourth-order valence-electron chi connectivity index (χ4n) is 3.48. The summed E-state index contributed by atoms with van der Waals surface area (Å²) in [6, 6.07) is 1.56. The molecule has 2 unspecified atom stereocenters. The van der Waals surface area contributed by atoms with Crippen LogP contribution in [0.25, 0.3) is 0 Å². The zero-order valence-electron chi connectivity index (χ0n) is 11.8. The smallest absolute Gasteiger partial charge is 0.0244 e. The van der Waals surface area contributed by atoms with Crippen LogP contribution in [0.5, 0.6) is 0 Å². The van der Waals surface area contributed by atoms with Crippen LogP contribution in [0.2, 0.25) is 0 Å². The second-order valence-corrected chi connectivity index (χ2v) is 6.05. The Morgan fingerprint density at radius 3 is 2.71 bits per heavy atom. The molecule has 2 saturated heterocycles. The van der Waals surface area contributed by atoms with Gasteiger partial charge in [-0.25, -0.2) is 0 Å². The van der Waals surface area contributed by atoms with E-state index in [0.717, 1.165) is 18.5 Å². The van der Waals surface area contributed by atoms with Crippen LogP contribution in [0.15, 0.2) is 0 Å². The van der Waals surface area contributed by atoms with E-state index in [2.05, 4.69) is 36.0 Å². The van der Waals surface area contributed by atoms with Crippen molar-refractivity contribution in [1.29, 1.82) is 0 Å². The SMILES string of the molecule is CNCC(C(C)C)N1CCN2CCCCC2C1. The van der Waals surface area contributed by atoms with Gasteiger partial charge in [-0.2, -0.15) is 0 Å². The minimum absolute atomic E-state index is 0.712. The van der Waals surface area contributed by atoms with Crippen LogP contribution in [0.4, 0.5) is 0 Å². The second-order valence-electron chi connectivity index (χ2n) is 6.05. The monoisotopic (exact) mass is 239 g/mol. The first-order valence-electron chi connectivity index (χ1n) is 7.35. The summed E-state index contributed by atoms with van der Waals surface area (Å²) in [6.45, 7) is 11.0. The van der Waals surface area contributed by atoms with Gasteiger partial charge in [0.1, 0.15) is 0 Å². The molecule has 1 N–H and O–H groups in total. The van der Waals surface area contributed by atoms with E-state index in [0.29, 0.717) is 6.04 Å². The van der Waals surface area contributed by atoms with Gasteiger partial charge in [0.25, 0.3) is 0 Å². The first kappa shape index (κ1) is 13.3. The van der Waals surface area contributed by atoms with Gasteiger partial charge in [0.15, 0.2) is 0 Å². The molecule has 0 aliphatic carbocycles. The first-order valence-corrected chi connectivity index (χ1v) is 7.35. The third-order valence-corrected chi connectivity index (χ3v) is 4.52. The third kappa shape index (κ3) is 3.21. The molecule has 0 bridgehead atoms. The van der Waals surface area contributed by atoms with E-state index < -0.39 is 0 Å². The summed E-state index contributed by atoms with van der Waals surface area (Å²) < 4.78 is 0. The molecule has 2 atom stereocenters. The maximum absolute atomic E-state index is 3.36. The Bertz CT molecular complexity index is 230. The Morgan fingerprint density at radius 1 is 1.18 bits per heavy atom. The van der Waals surface area contributed by atoms with Gasteiger partial charge in [-0.15, -0.1) is 0 Å². The Balaban J connectivity index is 1.93. The summed E-state index contributed by atoms with van der Waals surface area (Å²) in [7, 11) is 2.08. The van der Waals surface area contributed by atoms with E-state index in [1.165, 1.54) is 45.4 Å². The van der Waals surface area contributed by atoms with Gasteiger partial charge in [-0.05, 0) is 32.4 Å². The van der Waals surface area contributed by atoms with Crippen molar-refractivity contribution < 1.29 is 0 Å². The van der Waals surface area contributed by atoms with E-state index in [4.69, 9.17) is 0 Å². The molecule has 2 fully saturated rings. The predicted octanol–water partition coefficient (Wildman–Crippen LogP) is 1.40. The van der Waals surface area contributed by atoms with Gasteiger partial charge in [0, 0.05) is 38.3 Å². The second kappa shape index (κ2) is 6.17. The van der Waals surface area contributed by atoms with Crippen molar-refractivity contribution >= 4 is 0 Å². The Labute approximate surface area is 107 Å². The molecule has 3 heteroatoms. The Kier molecular flexibility index (Phi) is 4.83. The molecular formula is C14H29N3. The normalized spacial score (nSPS) is 29.3. The Morgan fingerprint density at radius 2 is 2.00 bits per heavy atom. The highest BCUT2D eigenvalue weighted by atomic mass is 15.3. The highest BCUT2D eigenvalue weighted by molar-refractivity contribution is 4.89. The topological polar surface area (TPSA) is 18.5 Å². The lowest BCUT2D eigenvalue weighted by Gasteiger charge is -2.47. The maximum atomic E-state index is 3.36. The number of nitrogens with zero attached hydrogens (tertiary/aromatic N) is 2. The van der Waals surface area contributed by atoms with Crippen molar-refractivity contribution in [2.75, 3.05) is 39.8 Å². The molecule has 2 heterocycles. The molecule has 0 spiro atoms. The standard InChI is InChI=1S/C14H29N3/c1-12(2)14(10-15-3)17-9-8-16-7-5-4-6-13(16)11-17/h12-15H,4-11H2,1-3H3. The van der Waals surface area contributed by atoms with Crippen molar-refractivity contribution in [1.82, 2.24) is 15.1 Å². The molecule has 0 amide bonds. The van der Waals surface area contributed by atoms with E-state index in [-0.39, 0.29) is 0 Å². The summed E-state index contributed by atoms with van der Waals surface area (Å²) in [6.07, 6.45) is 4.27. The average Bonchev–Trinajstić information content (AvgIpc) is 2.35. The van der Waals surface area contributed by atoms with Crippen molar-refractivity contribution in [3.63, 3.8) is 0 Å². The maximum Gasteiger partial charge on any atom is 0.0244 e. The van der Waals surface area contributed by atoms with E-state index >= 15 is 0 Å². The molecule has 2 rings (SSSR count). The molecule has 0 aromatic carbocycles. The quantitative estimate of drug-likeness (QED) is 0.800. The summed E-state index contributed by atoms with van der Waals surface area (Å²) in [5, 5.41) is 3.36. The highest BCUT2D eigenvalue weighted by Gasteiger charge is 2.32. The number of piperazine rings is 1. The number of nitrogens with one attached hydrogen (secondary N) is 1. The zero-order chi connectivity index (χ0) is 12.3. The van der Waals surface area contributed by atoms with Crippen molar-refractivity contribution in [3.8, 4) is 0 Å². The molecule has 0 aromatic heterocycles. The van der Waals surface area contributed by atoms with Crippen LogP contribution in [0, 0.1) is 5.92 Å². The van der Waals surface area contributed by atoms with Gasteiger partial charge < -0.3 is 5.32 Å². The molecule has 17 heavy (non-hydrogen) atoms. The largest absolute Gasteiger partial charge is 0.318 e. The summed E-state index contributed by atoms with van der Waals surface area (Å²) in [5.41, 5.74) is 0. The number of piperidine rings is 1. The van der Waals surface area contributed by atoms with Crippen LogP contribution in [0.3, 0.4) is 0 Å². The lowest BCUT2D eigenvalue weighted by atomic mass is 9.95. The fraction of sp³-hybridized carbons (Fsp3) is 1.00.